The lowest BCUT2D eigenvalue weighted by atomic mass is 9.93. The van der Waals surface area contributed by atoms with E-state index in [4.69, 9.17) is 0 Å². The molecule has 1 aliphatic heterocycles. The first-order valence-electron chi connectivity index (χ1n) is 12.0. The fourth-order valence-corrected chi connectivity index (χ4v) is 4.28. The Hall–Kier alpha value is -3.42. The first-order chi connectivity index (χ1) is 16.7. The van der Waals surface area contributed by atoms with Gasteiger partial charge in [-0.2, -0.15) is 0 Å². The summed E-state index contributed by atoms with van der Waals surface area (Å²) in [6.45, 7) is 7.94. The van der Waals surface area contributed by atoms with Crippen LogP contribution in [0.15, 0.2) is 54.6 Å². The Labute approximate surface area is 206 Å². The maximum absolute atomic E-state index is 13.2. The number of nitrogens with one attached hydrogen (secondary N) is 2. The molecule has 0 bridgehead atoms. The summed E-state index contributed by atoms with van der Waals surface area (Å²) in [6, 6.07) is 15.0. The molecule has 0 radical (unpaired) electrons. The second-order valence-corrected chi connectivity index (χ2v) is 9.84. The van der Waals surface area contributed by atoms with Crippen molar-refractivity contribution in [1.82, 2.24) is 15.5 Å². The van der Waals surface area contributed by atoms with E-state index in [1.54, 1.807) is 24.0 Å². The Kier molecular flexibility index (Phi) is 8.84. The summed E-state index contributed by atoms with van der Waals surface area (Å²) in [7, 11) is 0. The van der Waals surface area contributed by atoms with E-state index in [-0.39, 0.29) is 30.1 Å². The molecule has 0 aromatic heterocycles. The van der Waals surface area contributed by atoms with Gasteiger partial charge in [0.2, 0.25) is 5.91 Å². The Morgan fingerprint density at radius 3 is 2.26 bits per heavy atom. The van der Waals surface area contributed by atoms with Gasteiger partial charge in [-0.25, -0.2) is 9.18 Å². The van der Waals surface area contributed by atoms with E-state index in [0.717, 1.165) is 17.5 Å². The molecule has 2 aromatic rings. The van der Waals surface area contributed by atoms with Crippen LogP contribution in [0.3, 0.4) is 0 Å². The summed E-state index contributed by atoms with van der Waals surface area (Å²) in [4.78, 5) is 41.4. The predicted octanol–water partition coefficient (Wildman–Crippen LogP) is 3.39. The zero-order valence-electron chi connectivity index (χ0n) is 20.7. The van der Waals surface area contributed by atoms with E-state index >= 15 is 0 Å². The topological polar surface area (TPSA) is 81.8 Å². The van der Waals surface area contributed by atoms with Gasteiger partial charge in [0.05, 0.1) is 0 Å². The van der Waals surface area contributed by atoms with Crippen molar-refractivity contribution in [1.29, 1.82) is 0 Å². The normalized spacial score (nSPS) is 15.8. The van der Waals surface area contributed by atoms with Gasteiger partial charge < -0.3 is 25.2 Å². The lowest BCUT2D eigenvalue weighted by molar-refractivity contribution is -0.125. The molecular formula is C27H35FN4O3. The number of benzene rings is 2. The monoisotopic (exact) mass is 482 g/mol. The summed E-state index contributed by atoms with van der Waals surface area (Å²) in [5, 5.41) is 5.84. The van der Waals surface area contributed by atoms with Gasteiger partial charge in [0.25, 0.3) is 0 Å². The highest BCUT2D eigenvalue weighted by molar-refractivity contribution is 5.88. The highest BCUT2D eigenvalue weighted by atomic mass is 19.1. The van der Waals surface area contributed by atoms with Crippen LogP contribution in [0.2, 0.25) is 0 Å². The van der Waals surface area contributed by atoms with Gasteiger partial charge in [0, 0.05) is 43.3 Å². The molecule has 1 fully saturated rings. The van der Waals surface area contributed by atoms with Crippen LogP contribution in [0.4, 0.5) is 14.9 Å². The number of piperazine rings is 1. The van der Waals surface area contributed by atoms with E-state index < -0.39 is 11.6 Å². The molecule has 3 rings (SSSR count). The average Bonchev–Trinajstić information content (AvgIpc) is 2.85. The molecule has 8 heteroatoms. The minimum absolute atomic E-state index is 0.206. The van der Waals surface area contributed by atoms with Crippen LogP contribution in [0.5, 0.6) is 0 Å². The molecule has 0 aliphatic carbocycles. The highest BCUT2D eigenvalue weighted by Crippen LogP contribution is 2.17. The third kappa shape index (κ3) is 7.80. The number of rotatable bonds is 9. The number of hydrogen-bond donors (Lipinski definition) is 2. The fraction of sp³-hybridized carbons (Fsp3) is 0.444. The molecule has 1 unspecified atom stereocenters. The summed E-state index contributed by atoms with van der Waals surface area (Å²) in [5.41, 5.74) is 1.37. The third-order valence-corrected chi connectivity index (χ3v) is 6.16. The van der Waals surface area contributed by atoms with Crippen molar-refractivity contribution in [3.8, 4) is 0 Å². The van der Waals surface area contributed by atoms with Crippen molar-refractivity contribution in [2.45, 2.75) is 45.2 Å². The Morgan fingerprint density at radius 1 is 1.03 bits per heavy atom. The average molecular weight is 483 g/mol. The number of amides is 3. The van der Waals surface area contributed by atoms with E-state index in [2.05, 4.69) is 15.5 Å². The van der Waals surface area contributed by atoms with Crippen molar-refractivity contribution >= 4 is 23.9 Å². The maximum Gasteiger partial charge on any atom is 0.318 e. The summed E-state index contributed by atoms with van der Waals surface area (Å²) in [5.74, 6) is -1.05. The van der Waals surface area contributed by atoms with Crippen LogP contribution in [0.1, 0.15) is 32.8 Å². The molecule has 1 saturated heterocycles. The molecule has 188 valence electrons. The maximum atomic E-state index is 13.2. The largest absolute Gasteiger partial charge is 0.368 e. The minimum Gasteiger partial charge on any atom is -0.368 e. The number of halogens is 1. The first-order valence-corrected chi connectivity index (χ1v) is 12.0. The van der Waals surface area contributed by atoms with Gasteiger partial charge in [-0.3, -0.25) is 4.79 Å². The van der Waals surface area contributed by atoms with Crippen molar-refractivity contribution in [3.63, 3.8) is 0 Å². The smallest absolute Gasteiger partial charge is 0.318 e. The zero-order valence-corrected chi connectivity index (χ0v) is 20.7. The summed E-state index contributed by atoms with van der Waals surface area (Å²) >= 11 is 0. The number of aldehydes is 1. The molecule has 1 heterocycles. The van der Waals surface area contributed by atoms with Crippen LogP contribution in [0, 0.1) is 11.7 Å². The molecule has 0 spiro atoms. The molecule has 7 nitrogen and oxygen atoms in total. The van der Waals surface area contributed by atoms with Gasteiger partial charge in [0.15, 0.2) is 0 Å². The number of anilines is 1. The van der Waals surface area contributed by atoms with Crippen LogP contribution in [-0.4, -0.2) is 60.9 Å². The lowest BCUT2D eigenvalue weighted by Crippen LogP contribution is -2.58. The molecule has 2 aromatic carbocycles. The number of carbonyl (C=O) groups is 3. The van der Waals surface area contributed by atoms with Crippen LogP contribution in [0.25, 0.3) is 0 Å². The van der Waals surface area contributed by atoms with E-state index in [1.165, 1.54) is 12.1 Å². The summed E-state index contributed by atoms with van der Waals surface area (Å²) < 4.78 is 13.2. The van der Waals surface area contributed by atoms with Gasteiger partial charge in [-0.15, -0.1) is 0 Å². The van der Waals surface area contributed by atoms with Gasteiger partial charge >= 0.3 is 6.03 Å². The number of urea groups is 1. The minimum atomic E-state index is -0.845. The molecular weight excluding hydrogens is 447 g/mol. The quantitative estimate of drug-likeness (QED) is 0.537. The van der Waals surface area contributed by atoms with Gasteiger partial charge in [0.1, 0.15) is 18.1 Å². The molecule has 1 aliphatic rings. The van der Waals surface area contributed by atoms with E-state index in [0.29, 0.717) is 32.6 Å². The second-order valence-electron chi connectivity index (χ2n) is 9.84. The molecule has 2 N–H and O–H groups in total. The standard InChI is InChI=1S/C27H35FN4O3/c1-20(19-33)17-24(25(34)30-27(2,3)18-21-9-11-22(28)12-10-21)29-26(35)32-15-13-31(14-16-32)23-7-5-4-6-8-23/h4-12,19-20,24H,13-18H2,1-3H3,(H,29,35)(H,30,34)/t20?,24-/m0/s1. The highest BCUT2D eigenvalue weighted by Gasteiger charge is 2.30. The second kappa shape index (κ2) is 11.8. The van der Waals surface area contributed by atoms with Crippen molar-refractivity contribution in [2.24, 2.45) is 5.92 Å². The van der Waals surface area contributed by atoms with Gasteiger partial charge in [-0.1, -0.05) is 37.3 Å². The number of carbonyl (C=O) groups excluding carboxylic acids is 3. The molecule has 0 saturated carbocycles. The summed E-state index contributed by atoms with van der Waals surface area (Å²) in [6.07, 6.45) is 1.48. The number of nitrogens with zero attached hydrogens (tertiary/aromatic N) is 2. The lowest BCUT2D eigenvalue weighted by Gasteiger charge is -2.37. The van der Waals surface area contributed by atoms with Crippen LogP contribution < -0.4 is 15.5 Å². The van der Waals surface area contributed by atoms with Crippen molar-refractivity contribution < 1.29 is 18.8 Å². The predicted molar refractivity (Wildman–Crippen MR) is 135 cm³/mol. The van der Waals surface area contributed by atoms with E-state index in [9.17, 15) is 18.8 Å². The first kappa shape index (κ1) is 26.2. The van der Waals surface area contributed by atoms with Crippen molar-refractivity contribution in [3.05, 3.63) is 66.0 Å². The fourth-order valence-electron chi connectivity index (χ4n) is 4.28. The zero-order chi connectivity index (χ0) is 25.4. The Morgan fingerprint density at radius 2 is 1.66 bits per heavy atom. The van der Waals surface area contributed by atoms with Crippen LogP contribution >= 0.6 is 0 Å². The number of para-hydroxylation sites is 1. The molecule has 3 amide bonds. The third-order valence-electron chi connectivity index (χ3n) is 6.16. The Bertz CT molecular complexity index is 989. The van der Waals surface area contributed by atoms with Crippen LogP contribution in [-0.2, 0) is 16.0 Å². The number of hydrogen-bond acceptors (Lipinski definition) is 4. The molecule has 35 heavy (non-hydrogen) atoms. The SMILES string of the molecule is CC(C=O)C[C@H](NC(=O)N1CCN(c2ccccc2)CC1)C(=O)NC(C)(C)Cc1ccc(F)cc1. The van der Waals surface area contributed by atoms with E-state index in [1.807, 2.05) is 44.2 Å². The Balaban J connectivity index is 1.60. The molecule has 2 atom stereocenters. The van der Waals surface area contributed by atoms with Gasteiger partial charge in [-0.05, 0) is 56.5 Å². The van der Waals surface area contributed by atoms with Crippen molar-refractivity contribution in [2.75, 3.05) is 31.1 Å².